The molecular formula is C26H24N2O2. The van der Waals surface area contributed by atoms with Gasteiger partial charge < -0.3 is 4.57 Å². The quantitative estimate of drug-likeness (QED) is 0.461. The summed E-state index contributed by atoms with van der Waals surface area (Å²) in [5.74, 6) is -0.248. The van der Waals surface area contributed by atoms with Crippen molar-refractivity contribution in [3.63, 3.8) is 0 Å². The normalized spacial score (nSPS) is 11.1. The van der Waals surface area contributed by atoms with Crippen LogP contribution in [0, 0.1) is 27.7 Å². The van der Waals surface area contributed by atoms with Crippen molar-refractivity contribution in [3.05, 3.63) is 110 Å². The van der Waals surface area contributed by atoms with E-state index >= 15 is 0 Å². The summed E-state index contributed by atoms with van der Waals surface area (Å²) >= 11 is 0. The predicted molar refractivity (Wildman–Crippen MR) is 120 cm³/mol. The van der Waals surface area contributed by atoms with Gasteiger partial charge in [-0.1, -0.05) is 42.0 Å². The van der Waals surface area contributed by atoms with E-state index in [0.29, 0.717) is 23.1 Å². The number of nitrogens with zero attached hydrogens (tertiary/aromatic N) is 2. The van der Waals surface area contributed by atoms with Crippen molar-refractivity contribution in [3.8, 4) is 0 Å². The molecule has 0 saturated carbocycles. The Bertz CT molecular complexity index is 1350. The number of aromatic nitrogens is 2. The lowest BCUT2D eigenvalue weighted by atomic mass is 9.97. The first-order valence-electron chi connectivity index (χ1n) is 10.0. The van der Waals surface area contributed by atoms with Gasteiger partial charge in [0.25, 0.3) is 0 Å². The summed E-state index contributed by atoms with van der Waals surface area (Å²) in [6.07, 6.45) is 1.67. The molecule has 0 amide bonds. The van der Waals surface area contributed by atoms with E-state index < -0.39 is 0 Å². The Balaban J connectivity index is 1.95. The molecule has 0 aliphatic heterocycles. The van der Waals surface area contributed by atoms with Crippen molar-refractivity contribution in [1.29, 1.82) is 0 Å². The van der Waals surface area contributed by atoms with E-state index in [9.17, 15) is 9.59 Å². The fourth-order valence-corrected chi connectivity index (χ4v) is 3.74. The Hall–Kier alpha value is -3.53. The van der Waals surface area contributed by atoms with Crippen molar-refractivity contribution < 1.29 is 4.79 Å². The van der Waals surface area contributed by atoms with Gasteiger partial charge in [0.2, 0.25) is 5.43 Å². The molecule has 4 heteroatoms. The van der Waals surface area contributed by atoms with E-state index in [1.165, 1.54) is 0 Å². The van der Waals surface area contributed by atoms with Gasteiger partial charge in [0.1, 0.15) is 5.65 Å². The van der Waals surface area contributed by atoms with Crippen LogP contribution in [0.3, 0.4) is 0 Å². The van der Waals surface area contributed by atoms with Crippen LogP contribution in [-0.4, -0.2) is 15.3 Å². The Morgan fingerprint density at radius 2 is 1.67 bits per heavy atom. The average molecular weight is 396 g/mol. The van der Waals surface area contributed by atoms with E-state index in [2.05, 4.69) is 24.0 Å². The molecule has 0 fully saturated rings. The molecule has 4 nitrogen and oxygen atoms in total. The van der Waals surface area contributed by atoms with Crippen LogP contribution in [0.15, 0.2) is 65.6 Å². The zero-order chi connectivity index (χ0) is 21.4. The maximum absolute atomic E-state index is 13.4. The van der Waals surface area contributed by atoms with Crippen LogP contribution in [0.5, 0.6) is 0 Å². The molecule has 30 heavy (non-hydrogen) atoms. The number of carbonyl (C=O) groups is 1. The number of aryl methyl sites for hydroxylation is 4. The summed E-state index contributed by atoms with van der Waals surface area (Å²) in [5.41, 5.74) is 6.01. The second-order valence-corrected chi connectivity index (χ2v) is 7.90. The van der Waals surface area contributed by atoms with Crippen LogP contribution < -0.4 is 5.43 Å². The first-order valence-corrected chi connectivity index (χ1v) is 10.0. The summed E-state index contributed by atoms with van der Waals surface area (Å²) in [5, 5.41) is 0.463. The second-order valence-electron chi connectivity index (χ2n) is 7.90. The molecule has 150 valence electrons. The smallest absolute Gasteiger partial charge is 0.202 e. The van der Waals surface area contributed by atoms with Crippen molar-refractivity contribution in [2.75, 3.05) is 0 Å². The molecule has 0 radical (unpaired) electrons. The van der Waals surface area contributed by atoms with Crippen molar-refractivity contribution >= 4 is 16.8 Å². The Morgan fingerprint density at radius 1 is 0.900 bits per heavy atom. The highest BCUT2D eigenvalue weighted by Crippen LogP contribution is 2.19. The van der Waals surface area contributed by atoms with Crippen molar-refractivity contribution in [2.24, 2.45) is 0 Å². The van der Waals surface area contributed by atoms with Gasteiger partial charge in [0.15, 0.2) is 5.78 Å². The highest BCUT2D eigenvalue weighted by Gasteiger charge is 2.20. The zero-order valence-electron chi connectivity index (χ0n) is 17.7. The van der Waals surface area contributed by atoms with E-state index in [0.717, 1.165) is 27.9 Å². The molecule has 0 N–H and O–H groups in total. The van der Waals surface area contributed by atoms with Crippen LogP contribution in [0.1, 0.15) is 43.9 Å². The lowest BCUT2D eigenvalue weighted by Crippen LogP contribution is -2.21. The third kappa shape index (κ3) is 3.57. The number of rotatable bonds is 4. The van der Waals surface area contributed by atoms with Crippen LogP contribution in [0.4, 0.5) is 0 Å². The molecule has 0 spiro atoms. The topological polar surface area (TPSA) is 52.0 Å². The largest absolute Gasteiger partial charge is 0.327 e. The third-order valence-corrected chi connectivity index (χ3v) is 5.54. The standard InChI is InChI=1S/C26H24N2O2/c1-16-9-10-18(3)22(13-16)25(30)23-15-28(14-20-8-6-5-7-17(20)2)26-21(24(23)29)12-11-19(4)27-26/h5-13,15H,14H2,1-4H3. The fraction of sp³-hybridized carbons (Fsp3) is 0.192. The maximum Gasteiger partial charge on any atom is 0.202 e. The van der Waals surface area contributed by atoms with Gasteiger partial charge in [-0.05, 0) is 62.6 Å². The first-order chi connectivity index (χ1) is 14.3. The number of hydrogen-bond donors (Lipinski definition) is 0. The summed E-state index contributed by atoms with van der Waals surface area (Å²) in [6.45, 7) is 8.33. The molecule has 4 rings (SSSR count). The Kier molecular flexibility index (Phi) is 5.08. The minimum atomic E-state index is -0.274. The van der Waals surface area contributed by atoms with Gasteiger partial charge in [-0.3, -0.25) is 9.59 Å². The van der Waals surface area contributed by atoms with Crippen molar-refractivity contribution in [2.45, 2.75) is 34.2 Å². The van der Waals surface area contributed by atoms with E-state index in [4.69, 9.17) is 0 Å². The molecule has 0 bridgehead atoms. The third-order valence-electron chi connectivity index (χ3n) is 5.54. The fourth-order valence-electron chi connectivity index (χ4n) is 3.74. The van der Waals surface area contributed by atoms with E-state index in [1.54, 1.807) is 12.3 Å². The Labute approximate surface area is 175 Å². The molecule has 0 atom stereocenters. The number of carbonyl (C=O) groups excluding carboxylic acids is 1. The van der Waals surface area contributed by atoms with Crippen LogP contribution in [0.25, 0.3) is 11.0 Å². The number of ketones is 1. The van der Waals surface area contributed by atoms with Gasteiger partial charge in [0, 0.05) is 24.0 Å². The van der Waals surface area contributed by atoms with Crippen LogP contribution >= 0.6 is 0 Å². The maximum atomic E-state index is 13.4. The van der Waals surface area contributed by atoms with E-state index in [1.807, 2.05) is 61.7 Å². The molecule has 0 saturated heterocycles. The predicted octanol–water partition coefficient (Wildman–Crippen LogP) is 4.91. The molecule has 0 aliphatic carbocycles. The van der Waals surface area contributed by atoms with Crippen LogP contribution in [-0.2, 0) is 6.54 Å². The van der Waals surface area contributed by atoms with Crippen LogP contribution in [0.2, 0.25) is 0 Å². The van der Waals surface area contributed by atoms with Gasteiger partial charge in [-0.25, -0.2) is 4.98 Å². The monoisotopic (exact) mass is 396 g/mol. The summed E-state index contributed by atoms with van der Waals surface area (Å²) in [7, 11) is 0. The molecule has 4 aromatic rings. The Morgan fingerprint density at radius 3 is 2.43 bits per heavy atom. The molecule has 0 aliphatic rings. The molecule has 2 heterocycles. The lowest BCUT2D eigenvalue weighted by molar-refractivity contribution is 0.103. The highest BCUT2D eigenvalue weighted by molar-refractivity contribution is 6.10. The van der Waals surface area contributed by atoms with Crippen molar-refractivity contribution in [1.82, 2.24) is 9.55 Å². The minimum absolute atomic E-state index is 0.176. The van der Waals surface area contributed by atoms with E-state index in [-0.39, 0.29) is 16.8 Å². The summed E-state index contributed by atoms with van der Waals surface area (Å²) in [6, 6.07) is 17.4. The second kappa shape index (κ2) is 7.71. The summed E-state index contributed by atoms with van der Waals surface area (Å²) in [4.78, 5) is 31.3. The number of hydrogen-bond acceptors (Lipinski definition) is 3. The number of benzene rings is 2. The molecular weight excluding hydrogens is 372 g/mol. The SMILES string of the molecule is Cc1ccc(C)c(C(=O)c2cn(Cc3ccccc3C)c3nc(C)ccc3c2=O)c1. The van der Waals surface area contributed by atoms with Gasteiger partial charge >= 0.3 is 0 Å². The zero-order valence-corrected chi connectivity index (χ0v) is 17.7. The van der Waals surface area contributed by atoms with Gasteiger partial charge in [-0.2, -0.15) is 0 Å². The van der Waals surface area contributed by atoms with Gasteiger partial charge in [0.05, 0.1) is 10.9 Å². The molecule has 2 aromatic heterocycles. The average Bonchev–Trinajstić information content (AvgIpc) is 2.72. The van der Waals surface area contributed by atoms with Gasteiger partial charge in [-0.15, -0.1) is 0 Å². The minimum Gasteiger partial charge on any atom is -0.327 e. The summed E-state index contributed by atoms with van der Waals surface area (Å²) < 4.78 is 1.92. The number of fused-ring (bicyclic) bond motifs is 1. The number of pyridine rings is 2. The highest BCUT2D eigenvalue weighted by atomic mass is 16.1. The lowest BCUT2D eigenvalue weighted by Gasteiger charge is -2.15. The molecule has 2 aromatic carbocycles. The first kappa shape index (κ1) is 19.8. The molecule has 0 unspecified atom stereocenters.